The lowest BCUT2D eigenvalue weighted by Gasteiger charge is -2.28. The summed E-state index contributed by atoms with van der Waals surface area (Å²) in [5, 5.41) is 14.6. The van der Waals surface area contributed by atoms with E-state index in [0.29, 0.717) is 35.3 Å². The first-order chi connectivity index (χ1) is 14.1. The number of carboxylic acids is 1. The van der Waals surface area contributed by atoms with Crippen molar-refractivity contribution < 1.29 is 19.4 Å². The fourth-order valence-electron chi connectivity index (χ4n) is 3.98. The Kier molecular flexibility index (Phi) is 4.48. The number of thiophene rings is 1. The molecule has 3 aromatic heterocycles. The lowest BCUT2D eigenvalue weighted by Crippen LogP contribution is -2.36. The number of aromatic nitrogens is 3. The molecule has 1 fully saturated rings. The number of aromatic carboxylic acids is 1. The molecule has 0 spiro atoms. The summed E-state index contributed by atoms with van der Waals surface area (Å²) >= 11 is 1.17. The van der Waals surface area contributed by atoms with Crippen LogP contribution in [0.15, 0.2) is 24.7 Å². The van der Waals surface area contributed by atoms with Gasteiger partial charge in [0.2, 0.25) is 0 Å². The van der Waals surface area contributed by atoms with Crippen LogP contribution in [0.3, 0.4) is 0 Å². The predicted octanol–water partition coefficient (Wildman–Crippen LogP) is 2.97. The van der Waals surface area contributed by atoms with Gasteiger partial charge in [0.05, 0.1) is 48.7 Å². The number of carbonyl (C=O) groups is 1. The second-order valence-electron chi connectivity index (χ2n) is 7.10. The van der Waals surface area contributed by atoms with E-state index in [-0.39, 0.29) is 0 Å². The number of hydrogen-bond donors (Lipinski definition) is 1. The minimum atomic E-state index is -0.924. The molecule has 1 saturated heterocycles. The fourth-order valence-corrected chi connectivity index (χ4v) is 5.04. The van der Waals surface area contributed by atoms with Crippen molar-refractivity contribution in [3.63, 3.8) is 0 Å². The Balaban J connectivity index is 1.54. The first kappa shape index (κ1) is 18.1. The van der Waals surface area contributed by atoms with Gasteiger partial charge in [-0.1, -0.05) is 11.3 Å². The maximum absolute atomic E-state index is 11.8. The third kappa shape index (κ3) is 3.16. The summed E-state index contributed by atoms with van der Waals surface area (Å²) in [5.74, 6) is -0.337. The Labute approximate surface area is 171 Å². The van der Waals surface area contributed by atoms with Crippen molar-refractivity contribution in [3.05, 3.63) is 40.7 Å². The highest BCUT2D eigenvalue weighted by atomic mass is 32.1. The highest BCUT2D eigenvalue weighted by Crippen LogP contribution is 2.48. The Hall–Kier alpha value is -2.91. The molecule has 1 aliphatic heterocycles. The molecule has 1 N–H and O–H groups in total. The van der Waals surface area contributed by atoms with E-state index >= 15 is 0 Å². The predicted molar refractivity (Wildman–Crippen MR) is 108 cm³/mol. The molecule has 3 aromatic rings. The van der Waals surface area contributed by atoms with Gasteiger partial charge in [-0.2, -0.15) is 5.10 Å². The molecule has 0 aromatic carbocycles. The van der Waals surface area contributed by atoms with Gasteiger partial charge in [-0.15, -0.1) is 0 Å². The van der Waals surface area contributed by atoms with Crippen LogP contribution in [0.25, 0.3) is 11.3 Å². The number of anilines is 1. The van der Waals surface area contributed by atoms with Gasteiger partial charge in [-0.25, -0.2) is 4.79 Å². The monoisotopic (exact) mass is 412 g/mol. The van der Waals surface area contributed by atoms with Gasteiger partial charge in [0.1, 0.15) is 10.6 Å². The van der Waals surface area contributed by atoms with E-state index in [9.17, 15) is 9.90 Å². The smallest absolute Gasteiger partial charge is 0.346 e. The van der Waals surface area contributed by atoms with Crippen LogP contribution in [0.4, 0.5) is 5.69 Å². The van der Waals surface area contributed by atoms with Crippen molar-refractivity contribution in [2.24, 2.45) is 7.05 Å². The van der Waals surface area contributed by atoms with Gasteiger partial charge in [-0.3, -0.25) is 9.67 Å². The van der Waals surface area contributed by atoms with Gasteiger partial charge >= 0.3 is 5.97 Å². The van der Waals surface area contributed by atoms with E-state index in [0.717, 1.165) is 47.6 Å². The van der Waals surface area contributed by atoms with Gasteiger partial charge in [0, 0.05) is 26.2 Å². The normalized spacial score (nSPS) is 15.7. The van der Waals surface area contributed by atoms with Crippen molar-refractivity contribution in [1.82, 2.24) is 14.8 Å². The zero-order valence-corrected chi connectivity index (χ0v) is 16.7. The Morgan fingerprint density at radius 3 is 2.86 bits per heavy atom. The summed E-state index contributed by atoms with van der Waals surface area (Å²) in [6.07, 6.45) is 6.76. The molecule has 150 valence electrons. The van der Waals surface area contributed by atoms with Crippen LogP contribution >= 0.6 is 11.3 Å². The second kappa shape index (κ2) is 7.16. The molecule has 9 heteroatoms. The topological polar surface area (TPSA) is 89.7 Å². The highest BCUT2D eigenvalue weighted by molar-refractivity contribution is 7.16. The molecule has 0 atom stereocenters. The summed E-state index contributed by atoms with van der Waals surface area (Å²) in [5.41, 5.74) is 4.68. The summed E-state index contributed by atoms with van der Waals surface area (Å²) in [4.78, 5) is 18.7. The number of nitrogens with zero attached hydrogens (tertiary/aromatic N) is 4. The molecule has 29 heavy (non-hydrogen) atoms. The number of fused-ring (bicyclic) bond motifs is 3. The number of pyridine rings is 1. The van der Waals surface area contributed by atoms with Crippen molar-refractivity contribution >= 4 is 23.0 Å². The van der Waals surface area contributed by atoms with Crippen LogP contribution in [0.2, 0.25) is 0 Å². The van der Waals surface area contributed by atoms with Crippen LogP contribution in [0.1, 0.15) is 20.8 Å². The fraction of sp³-hybridized carbons (Fsp3) is 0.350. The van der Waals surface area contributed by atoms with Gasteiger partial charge in [0.25, 0.3) is 0 Å². The molecule has 0 bridgehead atoms. The standard InChI is InChI=1S/C20H20N4O4S/c1-23-17-12(9-22-23)2-3-15-16(17)20(29-18(15)19(25)26)28-14-8-13(10-21-11-14)24-4-6-27-7-5-24/h8-11H,2-7H2,1H3,(H,25,26). The third-order valence-corrected chi connectivity index (χ3v) is 6.45. The summed E-state index contributed by atoms with van der Waals surface area (Å²) in [7, 11) is 1.87. The molecule has 8 nitrogen and oxygen atoms in total. The first-order valence-electron chi connectivity index (χ1n) is 9.47. The van der Waals surface area contributed by atoms with Crippen LogP contribution < -0.4 is 9.64 Å². The maximum atomic E-state index is 11.8. The van der Waals surface area contributed by atoms with E-state index in [1.807, 2.05) is 25.5 Å². The molecule has 1 aliphatic carbocycles. The van der Waals surface area contributed by atoms with Crippen LogP contribution in [0, 0.1) is 0 Å². The summed E-state index contributed by atoms with van der Waals surface area (Å²) in [6, 6.07) is 1.94. The molecule has 4 heterocycles. The van der Waals surface area contributed by atoms with Crippen LogP contribution in [-0.4, -0.2) is 52.1 Å². The quantitative estimate of drug-likeness (QED) is 0.705. The Bertz CT molecular complexity index is 1080. The number of rotatable bonds is 4. The lowest BCUT2D eigenvalue weighted by atomic mass is 9.92. The number of ether oxygens (including phenoxy) is 2. The van der Waals surface area contributed by atoms with E-state index in [4.69, 9.17) is 9.47 Å². The molecular weight excluding hydrogens is 392 g/mol. The van der Waals surface area contributed by atoms with E-state index in [1.165, 1.54) is 11.3 Å². The van der Waals surface area contributed by atoms with Crippen LogP contribution in [-0.2, 0) is 24.6 Å². The lowest BCUT2D eigenvalue weighted by molar-refractivity contribution is 0.0701. The van der Waals surface area contributed by atoms with Crippen molar-refractivity contribution in [2.75, 3.05) is 31.2 Å². The largest absolute Gasteiger partial charge is 0.477 e. The summed E-state index contributed by atoms with van der Waals surface area (Å²) < 4.78 is 13.4. The number of hydrogen-bond acceptors (Lipinski definition) is 7. The Morgan fingerprint density at radius 1 is 1.24 bits per heavy atom. The number of carboxylic acid groups (broad SMARTS) is 1. The molecule has 0 saturated carbocycles. The Morgan fingerprint density at radius 2 is 2.07 bits per heavy atom. The average molecular weight is 412 g/mol. The van der Waals surface area contributed by atoms with Crippen molar-refractivity contribution in [2.45, 2.75) is 12.8 Å². The first-order valence-corrected chi connectivity index (χ1v) is 10.3. The number of morpholine rings is 1. The minimum absolute atomic E-state index is 0.333. The van der Waals surface area contributed by atoms with E-state index < -0.39 is 5.97 Å². The summed E-state index contributed by atoms with van der Waals surface area (Å²) in [6.45, 7) is 2.99. The maximum Gasteiger partial charge on any atom is 0.346 e. The molecule has 2 aliphatic rings. The second-order valence-corrected chi connectivity index (χ2v) is 8.08. The third-order valence-electron chi connectivity index (χ3n) is 5.35. The molecular formula is C20H20N4O4S. The highest BCUT2D eigenvalue weighted by Gasteiger charge is 2.31. The van der Waals surface area contributed by atoms with E-state index in [1.54, 1.807) is 10.9 Å². The molecule has 0 radical (unpaired) electrons. The SMILES string of the molecule is Cn1ncc2c1-c1c(Oc3cncc(N4CCOCC4)c3)sc(C(=O)O)c1CC2. The van der Waals surface area contributed by atoms with Gasteiger partial charge in [-0.05, 0) is 24.0 Å². The zero-order valence-electron chi connectivity index (χ0n) is 15.9. The zero-order chi connectivity index (χ0) is 20.0. The number of aryl methyl sites for hydroxylation is 2. The molecule has 0 unspecified atom stereocenters. The van der Waals surface area contributed by atoms with Crippen LogP contribution in [0.5, 0.6) is 10.8 Å². The molecule has 0 amide bonds. The van der Waals surface area contributed by atoms with Gasteiger partial charge < -0.3 is 19.5 Å². The van der Waals surface area contributed by atoms with Crippen molar-refractivity contribution in [3.8, 4) is 22.1 Å². The molecule has 5 rings (SSSR count). The average Bonchev–Trinajstić information content (AvgIpc) is 3.30. The van der Waals surface area contributed by atoms with Crippen molar-refractivity contribution in [1.29, 1.82) is 0 Å². The minimum Gasteiger partial charge on any atom is -0.477 e. The van der Waals surface area contributed by atoms with E-state index in [2.05, 4.69) is 15.0 Å². The van der Waals surface area contributed by atoms with Gasteiger partial charge in [0.15, 0.2) is 5.06 Å².